The number of rotatable bonds is 7. The van der Waals surface area contributed by atoms with Crippen LogP contribution in [0.1, 0.15) is 25.8 Å². The van der Waals surface area contributed by atoms with E-state index in [1.54, 1.807) is 0 Å². The van der Waals surface area contributed by atoms with E-state index in [9.17, 15) is 22.0 Å². The molecule has 1 aliphatic heterocycles. The summed E-state index contributed by atoms with van der Waals surface area (Å²) in [5.41, 5.74) is 0.807. The highest BCUT2D eigenvalue weighted by Gasteiger charge is 2.47. The van der Waals surface area contributed by atoms with Gasteiger partial charge in [0.1, 0.15) is 6.61 Å². The summed E-state index contributed by atoms with van der Waals surface area (Å²) in [5, 5.41) is 12.8. The predicted molar refractivity (Wildman–Crippen MR) is 109 cm³/mol. The molecule has 2 rings (SSSR count). The van der Waals surface area contributed by atoms with E-state index in [0.717, 1.165) is 25.1 Å². The Kier molecular flexibility index (Phi) is 6.78. The van der Waals surface area contributed by atoms with Gasteiger partial charge >= 0.3 is 16.0 Å². The lowest BCUT2D eigenvalue weighted by Gasteiger charge is -2.47. The van der Waals surface area contributed by atoms with Gasteiger partial charge in [0.25, 0.3) is 10.9 Å². The molecule has 0 amide bonds. The van der Waals surface area contributed by atoms with Crippen LogP contribution in [0, 0.1) is 11.1 Å². The molecule has 0 fully saturated rings. The van der Waals surface area contributed by atoms with Crippen molar-refractivity contribution in [1.82, 2.24) is 0 Å². The Morgan fingerprint density at radius 3 is 2.21 bits per heavy atom. The Balaban J connectivity index is 2.60. The summed E-state index contributed by atoms with van der Waals surface area (Å²) in [4.78, 5) is 4.04. The fourth-order valence-corrected chi connectivity index (χ4v) is 4.70. The van der Waals surface area contributed by atoms with E-state index in [0.29, 0.717) is 0 Å². The maximum absolute atomic E-state index is 13.6. The van der Waals surface area contributed by atoms with Gasteiger partial charge in [0, 0.05) is 12.7 Å². The first-order valence-corrected chi connectivity index (χ1v) is 12.6. The second-order valence-electron chi connectivity index (χ2n) is 7.53. The summed E-state index contributed by atoms with van der Waals surface area (Å²) >= 11 is 0. The van der Waals surface area contributed by atoms with Crippen molar-refractivity contribution in [1.29, 1.82) is 0 Å². The highest BCUT2D eigenvalue weighted by atomic mass is 32.2. The van der Waals surface area contributed by atoms with Gasteiger partial charge in [-0.25, -0.2) is 8.42 Å². The molecule has 0 saturated carbocycles. The highest BCUT2D eigenvalue weighted by molar-refractivity contribution is 7.94. The summed E-state index contributed by atoms with van der Waals surface area (Å²) in [6.07, 6.45) is 1.84. The number of aliphatic imine (C=N–C) groups is 1. The van der Waals surface area contributed by atoms with Crippen molar-refractivity contribution in [2.45, 2.75) is 32.9 Å². The van der Waals surface area contributed by atoms with Gasteiger partial charge in [-0.1, -0.05) is 44.2 Å². The van der Waals surface area contributed by atoms with Crippen LogP contribution in [0.25, 0.3) is 0 Å². The average Bonchev–Trinajstić information content (AvgIpc) is 2.53. The number of likely N-dealkylation sites (N-methyl/N-ethyl adjacent to an activating group) is 1. The predicted octanol–water partition coefficient (Wildman–Crippen LogP) is 2.12. The standard InChI is InChI=1S/C18H26N2O7S2/c1-13(2)11-15-16(26-12-14-9-7-6-8-10-14)19-17(27-29(5,24)25)18(20(15,3)21)28(4,22)23/h6-10,13,15H,11-12H2,1-5H3. The third kappa shape index (κ3) is 6.01. The van der Waals surface area contributed by atoms with Gasteiger partial charge in [-0.05, 0) is 11.5 Å². The van der Waals surface area contributed by atoms with Gasteiger partial charge in [0.05, 0.1) is 13.3 Å². The quantitative estimate of drug-likeness (QED) is 0.357. The Hall–Kier alpha value is -1.95. The van der Waals surface area contributed by atoms with Gasteiger partial charge in [-0.2, -0.15) is 13.4 Å². The van der Waals surface area contributed by atoms with Crippen molar-refractivity contribution >= 4 is 25.9 Å². The molecule has 1 heterocycles. The van der Waals surface area contributed by atoms with Crippen molar-refractivity contribution in [2.75, 3.05) is 19.6 Å². The summed E-state index contributed by atoms with van der Waals surface area (Å²) < 4.78 is 57.2. The van der Waals surface area contributed by atoms with Crippen molar-refractivity contribution in [3.8, 4) is 0 Å². The Morgan fingerprint density at radius 1 is 1.14 bits per heavy atom. The zero-order valence-electron chi connectivity index (χ0n) is 17.0. The molecule has 1 aromatic carbocycles. The minimum atomic E-state index is -4.13. The molecule has 11 heteroatoms. The van der Waals surface area contributed by atoms with Crippen LogP contribution in [0.5, 0.6) is 0 Å². The van der Waals surface area contributed by atoms with Crippen LogP contribution >= 0.6 is 0 Å². The summed E-state index contributed by atoms with van der Waals surface area (Å²) in [7, 11) is -7.12. The number of ether oxygens (including phenoxy) is 1. The zero-order chi connectivity index (χ0) is 22.0. The molecule has 0 aliphatic carbocycles. The maximum Gasteiger partial charge on any atom is 0.310 e. The van der Waals surface area contributed by atoms with Gasteiger partial charge in [0.2, 0.25) is 9.84 Å². The van der Waals surface area contributed by atoms with E-state index in [2.05, 4.69) is 4.99 Å². The molecular formula is C18H26N2O7S2. The number of nitrogens with zero attached hydrogens (tertiary/aromatic N) is 2. The number of hydroxylamine groups is 3. The topological polar surface area (TPSA) is 122 Å². The smallest absolute Gasteiger partial charge is 0.310 e. The van der Waals surface area contributed by atoms with Crippen molar-refractivity contribution in [3.63, 3.8) is 0 Å². The van der Waals surface area contributed by atoms with Crippen molar-refractivity contribution in [2.24, 2.45) is 10.9 Å². The highest BCUT2D eigenvalue weighted by Crippen LogP contribution is 2.35. The maximum atomic E-state index is 13.6. The molecule has 0 bridgehead atoms. The Labute approximate surface area is 171 Å². The second kappa shape index (κ2) is 8.42. The van der Waals surface area contributed by atoms with Crippen LogP contribution in [-0.2, 0) is 35.5 Å². The van der Waals surface area contributed by atoms with E-state index in [-0.39, 0.29) is 24.8 Å². The van der Waals surface area contributed by atoms with Gasteiger partial charge in [0.15, 0.2) is 6.04 Å². The monoisotopic (exact) mass is 446 g/mol. The number of benzene rings is 1. The van der Waals surface area contributed by atoms with E-state index in [1.807, 2.05) is 44.2 Å². The lowest BCUT2D eigenvalue weighted by Crippen LogP contribution is -2.56. The van der Waals surface area contributed by atoms with Gasteiger partial charge in [-0.15, -0.1) is 0 Å². The average molecular weight is 447 g/mol. The first-order valence-electron chi connectivity index (χ1n) is 8.88. The van der Waals surface area contributed by atoms with Crippen LogP contribution in [0.2, 0.25) is 0 Å². The fraction of sp³-hybridized carbons (Fsp3) is 0.500. The minimum Gasteiger partial charge on any atom is -0.626 e. The molecule has 29 heavy (non-hydrogen) atoms. The zero-order valence-corrected chi connectivity index (χ0v) is 18.7. The summed E-state index contributed by atoms with van der Waals surface area (Å²) in [6, 6.07) is 8.14. The fourth-order valence-electron chi connectivity index (χ4n) is 3.06. The molecule has 0 N–H and O–H groups in total. The lowest BCUT2D eigenvalue weighted by molar-refractivity contribution is -0.833. The second-order valence-corrected chi connectivity index (χ2v) is 11.0. The molecule has 0 spiro atoms. The number of sulfone groups is 1. The molecule has 1 aliphatic rings. The van der Waals surface area contributed by atoms with Gasteiger partial charge < -0.3 is 18.8 Å². The van der Waals surface area contributed by atoms with E-state index >= 15 is 0 Å². The molecule has 1 aromatic rings. The molecule has 0 saturated heterocycles. The van der Waals surface area contributed by atoms with Crippen LogP contribution < -0.4 is 0 Å². The third-order valence-electron chi connectivity index (χ3n) is 4.18. The largest absolute Gasteiger partial charge is 0.626 e. The van der Waals surface area contributed by atoms with Crippen molar-refractivity contribution < 1.29 is 30.4 Å². The summed E-state index contributed by atoms with van der Waals surface area (Å²) in [5.74, 6) is -0.822. The van der Waals surface area contributed by atoms with Crippen LogP contribution in [0.15, 0.2) is 46.2 Å². The molecule has 9 nitrogen and oxygen atoms in total. The lowest BCUT2D eigenvalue weighted by atomic mass is 10.0. The SMILES string of the molecule is CC(C)CC1C(OCc2ccccc2)=NC(OS(C)(=O)=O)=C(S(C)(=O)=O)[N+]1(C)[O-]. The normalized spacial score (nSPS) is 23.1. The molecule has 2 unspecified atom stereocenters. The first kappa shape index (κ1) is 23.3. The third-order valence-corrected chi connectivity index (χ3v) is 5.88. The molecule has 0 radical (unpaired) electrons. The van der Waals surface area contributed by atoms with E-state index < -0.39 is 41.6 Å². The van der Waals surface area contributed by atoms with E-state index in [4.69, 9.17) is 8.92 Å². The van der Waals surface area contributed by atoms with Crippen LogP contribution in [-0.4, -0.2) is 53.0 Å². The van der Waals surface area contributed by atoms with Crippen LogP contribution in [0.3, 0.4) is 0 Å². The number of hydrogen-bond donors (Lipinski definition) is 0. The number of hydrogen-bond acceptors (Lipinski definition) is 8. The minimum absolute atomic E-state index is 0.0233. The first-order chi connectivity index (χ1) is 13.2. The van der Waals surface area contributed by atoms with Crippen LogP contribution in [0.4, 0.5) is 0 Å². The van der Waals surface area contributed by atoms with Gasteiger partial charge in [-0.3, -0.25) is 0 Å². The Morgan fingerprint density at radius 2 is 1.72 bits per heavy atom. The van der Waals surface area contributed by atoms with E-state index in [1.165, 1.54) is 0 Å². The molecule has 0 aromatic heterocycles. The summed E-state index contributed by atoms with van der Waals surface area (Å²) in [6.45, 7) is 3.83. The van der Waals surface area contributed by atoms with Crippen molar-refractivity contribution in [3.05, 3.63) is 52.0 Å². The molecule has 2 atom stereocenters. The Bertz CT molecular complexity index is 1010. The number of quaternary nitrogens is 1. The molecular weight excluding hydrogens is 420 g/mol. The molecule has 162 valence electrons.